The summed E-state index contributed by atoms with van der Waals surface area (Å²) < 4.78 is 0. The molecule has 16 heavy (non-hydrogen) atoms. The number of rotatable bonds is 3. The highest BCUT2D eigenvalue weighted by Gasteiger charge is 2.06. The molecule has 0 amide bonds. The van der Waals surface area contributed by atoms with E-state index in [0.717, 1.165) is 22.5 Å². The zero-order valence-corrected chi connectivity index (χ0v) is 10.1. The van der Waals surface area contributed by atoms with E-state index in [2.05, 4.69) is 36.1 Å². The number of hydrogen-bond acceptors (Lipinski definition) is 3. The molecule has 2 nitrogen and oxygen atoms in total. The molecule has 1 aromatic carbocycles. The summed E-state index contributed by atoms with van der Waals surface area (Å²) >= 11 is 1.47. The third-order valence-corrected chi connectivity index (χ3v) is 3.38. The van der Waals surface area contributed by atoms with Gasteiger partial charge in [0.2, 0.25) is 0 Å². The van der Waals surface area contributed by atoms with Crippen molar-refractivity contribution in [2.45, 2.75) is 6.92 Å². The van der Waals surface area contributed by atoms with Gasteiger partial charge in [-0.05, 0) is 25.1 Å². The van der Waals surface area contributed by atoms with Gasteiger partial charge in [0, 0.05) is 18.1 Å². The topological polar surface area (TPSA) is 20.3 Å². The number of anilines is 2. The van der Waals surface area contributed by atoms with E-state index in [1.54, 1.807) is 0 Å². The van der Waals surface area contributed by atoms with Gasteiger partial charge in [-0.15, -0.1) is 11.3 Å². The van der Waals surface area contributed by atoms with Crippen molar-refractivity contribution in [3.8, 4) is 0 Å². The Morgan fingerprint density at radius 2 is 1.88 bits per heavy atom. The average molecular weight is 231 g/mol. The molecule has 2 rings (SSSR count). The Morgan fingerprint density at radius 3 is 2.44 bits per heavy atom. The Balaban J connectivity index is 2.27. The van der Waals surface area contributed by atoms with Crippen LogP contribution in [0.2, 0.25) is 0 Å². The summed E-state index contributed by atoms with van der Waals surface area (Å²) in [6.07, 6.45) is 0.886. The summed E-state index contributed by atoms with van der Waals surface area (Å²) in [5.74, 6) is 0. The van der Waals surface area contributed by atoms with Gasteiger partial charge in [0.05, 0.1) is 10.6 Å². The third-order valence-electron chi connectivity index (χ3n) is 2.53. The molecule has 0 aliphatic rings. The molecule has 0 bridgehead atoms. The maximum atomic E-state index is 10.6. The molecule has 0 atom stereocenters. The van der Waals surface area contributed by atoms with Crippen molar-refractivity contribution in [2.75, 3.05) is 11.9 Å². The molecule has 2 aromatic rings. The molecule has 0 N–H and O–H groups in total. The highest BCUT2D eigenvalue weighted by atomic mass is 32.1. The van der Waals surface area contributed by atoms with Crippen LogP contribution in [0.25, 0.3) is 0 Å². The van der Waals surface area contributed by atoms with Crippen molar-refractivity contribution in [2.24, 2.45) is 0 Å². The lowest BCUT2D eigenvalue weighted by molar-refractivity contribution is 0.112. The molecule has 0 saturated carbocycles. The summed E-state index contributed by atoms with van der Waals surface area (Å²) in [4.78, 5) is 13.4. The van der Waals surface area contributed by atoms with Gasteiger partial charge >= 0.3 is 0 Å². The molecular weight excluding hydrogens is 218 g/mol. The summed E-state index contributed by atoms with van der Waals surface area (Å²) in [5, 5.41) is 1.99. The second-order valence-corrected chi connectivity index (χ2v) is 4.66. The molecule has 0 fully saturated rings. The van der Waals surface area contributed by atoms with E-state index >= 15 is 0 Å². The molecule has 0 aliphatic heterocycles. The van der Waals surface area contributed by atoms with Crippen LogP contribution in [0.3, 0.4) is 0 Å². The van der Waals surface area contributed by atoms with Gasteiger partial charge < -0.3 is 4.90 Å². The maximum absolute atomic E-state index is 10.6. The second kappa shape index (κ2) is 4.49. The first kappa shape index (κ1) is 10.9. The van der Waals surface area contributed by atoms with E-state index in [1.807, 2.05) is 18.5 Å². The van der Waals surface area contributed by atoms with Gasteiger partial charge in [-0.1, -0.05) is 17.7 Å². The van der Waals surface area contributed by atoms with Gasteiger partial charge in [0.1, 0.15) is 0 Å². The van der Waals surface area contributed by atoms with Crippen molar-refractivity contribution in [3.63, 3.8) is 0 Å². The Morgan fingerprint density at radius 1 is 1.19 bits per heavy atom. The number of benzene rings is 1. The van der Waals surface area contributed by atoms with Gasteiger partial charge in [0.15, 0.2) is 6.29 Å². The maximum Gasteiger partial charge on any atom is 0.160 e. The van der Waals surface area contributed by atoms with Crippen LogP contribution in [0.5, 0.6) is 0 Å². The highest BCUT2D eigenvalue weighted by Crippen LogP contribution is 2.27. The SMILES string of the molecule is Cc1ccc(N(C)c2csc(C=O)c2)cc1. The molecule has 0 radical (unpaired) electrons. The summed E-state index contributed by atoms with van der Waals surface area (Å²) in [7, 11) is 2.00. The van der Waals surface area contributed by atoms with Crippen molar-refractivity contribution in [3.05, 3.63) is 46.2 Å². The average Bonchev–Trinajstić information content (AvgIpc) is 2.77. The van der Waals surface area contributed by atoms with Crippen molar-refractivity contribution >= 4 is 29.0 Å². The normalized spacial score (nSPS) is 10.1. The predicted octanol–water partition coefficient (Wildman–Crippen LogP) is 3.64. The fourth-order valence-electron chi connectivity index (χ4n) is 1.50. The Labute approximate surface area is 99.1 Å². The Bertz CT molecular complexity index is 487. The van der Waals surface area contributed by atoms with Crippen molar-refractivity contribution < 1.29 is 4.79 Å². The minimum Gasteiger partial charge on any atom is -0.344 e. The van der Waals surface area contributed by atoms with E-state index in [4.69, 9.17) is 0 Å². The number of nitrogens with zero attached hydrogens (tertiary/aromatic N) is 1. The molecule has 1 heterocycles. The quantitative estimate of drug-likeness (QED) is 0.752. The Kier molecular flexibility index (Phi) is 3.06. The van der Waals surface area contributed by atoms with Gasteiger partial charge in [-0.25, -0.2) is 0 Å². The van der Waals surface area contributed by atoms with E-state index in [1.165, 1.54) is 16.9 Å². The first-order chi connectivity index (χ1) is 7.70. The molecule has 0 saturated heterocycles. The Hall–Kier alpha value is -1.61. The lowest BCUT2D eigenvalue weighted by Crippen LogP contribution is -2.07. The van der Waals surface area contributed by atoms with Crippen LogP contribution in [0, 0.1) is 6.92 Å². The van der Waals surface area contributed by atoms with Crippen molar-refractivity contribution in [1.82, 2.24) is 0 Å². The zero-order chi connectivity index (χ0) is 11.5. The number of hydrogen-bond donors (Lipinski definition) is 0. The summed E-state index contributed by atoms with van der Waals surface area (Å²) in [6, 6.07) is 10.2. The van der Waals surface area contributed by atoms with Crippen LogP contribution in [0.4, 0.5) is 11.4 Å². The third kappa shape index (κ3) is 2.14. The summed E-state index contributed by atoms with van der Waals surface area (Å²) in [5.41, 5.74) is 3.42. The minimum atomic E-state index is 0.758. The van der Waals surface area contributed by atoms with E-state index in [9.17, 15) is 4.79 Å². The first-order valence-corrected chi connectivity index (χ1v) is 5.93. The van der Waals surface area contributed by atoms with Crippen LogP contribution < -0.4 is 4.90 Å². The predicted molar refractivity (Wildman–Crippen MR) is 68.9 cm³/mol. The van der Waals surface area contributed by atoms with E-state index in [0.29, 0.717) is 0 Å². The molecule has 1 aromatic heterocycles. The minimum absolute atomic E-state index is 0.758. The largest absolute Gasteiger partial charge is 0.344 e. The zero-order valence-electron chi connectivity index (χ0n) is 9.31. The molecular formula is C13H13NOS. The van der Waals surface area contributed by atoms with Gasteiger partial charge in [-0.2, -0.15) is 0 Å². The smallest absolute Gasteiger partial charge is 0.160 e. The number of thiophene rings is 1. The lowest BCUT2D eigenvalue weighted by Gasteiger charge is -2.17. The van der Waals surface area contributed by atoms with E-state index in [-0.39, 0.29) is 0 Å². The number of carbonyl (C=O) groups excluding carboxylic acids is 1. The van der Waals surface area contributed by atoms with E-state index < -0.39 is 0 Å². The second-order valence-electron chi connectivity index (χ2n) is 3.72. The fourth-order valence-corrected chi connectivity index (χ4v) is 2.22. The number of carbonyl (C=O) groups is 1. The van der Waals surface area contributed by atoms with Gasteiger partial charge in [-0.3, -0.25) is 4.79 Å². The first-order valence-electron chi connectivity index (χ1n) is 5.05. The fraction of sp³-hybridized carbons (Fsp3) is 0.154. The standard InChI is InChI=1S/C13H13NOS/c1-10-3-5-11(6-4-10)14(2)12-7-13(8-15)16-9-12/h3-9H,1-2H3. The van der Waals surface area contributed by atoms with Crippen LogP contribution in [-0.2, 0) is 0 Å². The number of aryl methyl sites for hydroxylation is 1. The summed E-state index contributed by atoms with van der Waals surface area (Å²) in [6.45, 7) is 2.07. The van der Waals surface area contributed by atoms with Crippen LogP contribution in [-0.4, -0.2) is 13.3 Å². The molecule has 82 valence electrons. The van der Waals surface area contributed by atoms with Crippen molar-refractivity contribution in [1.29, 1.82) is 0 Å². The molecule has 3 heteroatoms. The molecule has 0 spiro atoms. The molecule has 0 aliphatic carbocycles. The molecule has 0 unspecified atom stereocenters. The monoisotopic (exact) mass is 231 g/mol. The van der Waals surface area contributed by atoms with Crippen LogP contribution in [0.1, 0.15) is 15.2 Å². The lowest BCUT2D eigenvalue weighted by atomic mass is 10.2. The van der Waals surface area contributed by atoms with Gasteiger partial charge in [0.25, 0.3) is 0 Å². The highest BCUT2D eigenvalue weighted by molar-refractivity contribution is 7.12. The van der Waals surface area contributed by atoms with Crippen LogP contribution >= 0.6 is 11.3 Å². The van der Waals surface area contributed by atoms with Crippen LogP contribution in [0.15, 0.2) is 35.7 Å². The number of aldehydes is 1.